The van der Waals surface area contributed by atoms with Crippen molar-refractivity contribution in [2.45, 2.75) is 50.4 Å². The first-order chi connectivity index (χ1) is 14.6. The number of likely N-dealkylation sites (tertiary alicyclic amines) is 1. The fourth-order valence-electron chi connectivity index (χ4n) is 3.37. The van der Waals surface area contributed by atoms with Gasteiger partial charge in [0, 0.05) is 6.54 Å². The molecule has 1 saturated heterocycles. The highest BCUT2D eigenvalue weighted by molar-refractivity contribution is 5.94. The minimum atomic E-state index is -1.46. The van der Waals surface area contributed by atoms with Gasteiger partial charge < -0.3 is 36.6 Å². The van der Waals surface area contributed by atoms with Crippen LogP contribution in [-0.2, 0) is 25.6 Å². The van der Waals surface area contributed by atoms with Gasteiger partial charge in [0.1, 0.15) is 23.9 Å². The summed E-state index contributed by atoms with van der Waals surface area (Å²) >= 11 is 0. The summed E-state index contributed by atoms with van der Waals surface area (Å²) in [5, 5.41) is 32.1. The molecule has 0 aliphatic carbocycles. The van der Waals surface area contributed by atoms with Gasteiger partial charge in [0.2, 0.25) is 17.7 Å². The van der Waals surface area contributed by atoms with E-state index in [-0.39, 0.29) is 18.7 Å². The SMILES string of the molecule is CC(NC(=O)C(N)Cc1ccc(O)cc1)C(=O)N1CCCC1C(=O)NC(CO)C(=O)O. The minimum Gasteiger partial charge on any atom is -0.508 e. The van der Waals surface area contributed by atoms with Crippen LogP contribution in [0.2, 0.25) is 0 Å². The monoisotopic (exact) mass is 436 g/mol. The molecule has 1 heterocycles. The standard InChI is InChI=1S/C20H28N4O7/c1-11(22-17(27)14(21)9-12-4-6-13(26)7-5-12)19(29)24-8-2-3-16(24)18(28)23-15(10-25)20(30)31/h4-7,11,14-16,25-26H,2-3,8-10,21H2,1H3,(H,22,27)(H,23,28)(H,30,31). The number of nitrogens with one attached hydrogen (secondary N) is 2. The summed E-state index contributed by atoms with van der Waals surface area (Å²) in [5.74, 6) is -2.98. The Bertz CT molecular complexity index is 814. The number of nitrogens with zero attached hydrogens (tertiary/aromatic N) is 1. The first kappa shape index (κ1) is 24.1. The molecule has 0 radical (unpaired) electrons. The van der Waals surface area contributed by atoms with Crippen molar-refractivity contribution in [2.24, 2.45) is 5.73 Å². The van der Waals surface area contributed by atoms with Crippen LogP contribution in [0, 0.1) is 0 Å². The smallest absolute Gasteiger partial charge is 0.328 e. The molecule has 11 heteroatoms. The third-order valence-electron chi connectivity index (χ3n) is 5.09. The molecule has 0 spiro atoms. The molecule has 0 bridgehead atoms. The quantitative estimate of drug-likeness (QED) is 0.265. The van der Waals surface area contributed by atoms with Crippen molar-refractivity contribution >= 4 is 23.7 Å². The van der Waals surface area contributed by atoms with Crippen LogP contribution in [0.5, 0.6) is 5.75 Å². The number of aliphatic carboxylic acids is 1. The highest BCUT2D eigenvalue weighted by Gasteiger charge is 2.37. The topological polar surface area (TPSA) is 182 Å². The molecular weight excluding hydrogens is 408 g/mol. The number of hydrogen-bond acceptors (Lipinski definition) is 7. The fourth-order valence-corrected chi connectivity index (χ4v) is 3.37. The second-order valence-electron chi connectivity index (χ2n) is 7.48. The molecule has 0 aromatic heterocycles. The molecule has 7 N–H and O–H groups in total. The Hall–Kier alpha value is -3.18. The van der Waals surface area contributed by atoms with Crippen LogP contribution in [0.15, 0.2) is 24.3 Å². The van der Waals surface area contributed by atoms with Gasteiger partial charge in [-0.25, -0.2) is 4.79 Å². The van der Waals surface area contributed by atoms with Crippen LogP contribution in [-0.4, -0.2) is 81.2 Å². The maximum atomic E-state index is 12.8. The molecule has 3 amide bonds. The number of aromatic hydroxyl groups is 1. The van der Waals surface area contributed by atoms with Crippen molar-refractivity contribution in [2.75, 3.05) is 13.2 Å². The van der Waals surface area contributed by atoms with E-state index in [1.165, 1.54) is 24.0 Å². The summed E-state index contributed by atoms with van der Waals surface area (Å²) in [6, 6.07) is 2.04. The third kappa shape index (κ3) is 6.40. The predicted molar refractivity (Wildman–Crippen MR) is 109 cm³/mol. The van der Waals surface area contributed by atoms with Crippen LogP contribution in [0.3, 0.4) is 0 Å². The number of nitrogens with two attached hydrogens (primary N) is 1. The summed E-state index contributed by atoms with van der Waals surface area (Å²) in [7, 11) is 0. The minimum absolute atomic E-state index is 0.0962. The summed E-state index contributed by atoms with van der Waals surface area (Å²) < 4.78 is 0. The van der Waals surface area contributed by atoms with Crippen LogP contribution >= 0.6 is 0 Å². The van der Waals surface area contributed by atoms with Gasteiger partial charge >= 0.3 is 5.97 Å². The lowest BCUT2D eigenvalue weighted by molar-refractivity contribution is -0.145. The first-order valence-corrected chi connectivity index (χ1v) is 9.92. The number of carboxylic acids is 1. The van der Waals surface area contributed by atoms with Crippen LogP contribution < -0.4 is 16.4 Å². The zero-order valence-electron chi connectivity index (χ0n) is 17.2. The zero-order chi connectivity index (χ0) is 23.1. The Kier molecular flexibility index (Phi) is 8.34. The van der Waals surface area contributed by atoms with Gasteiger partial charge in [-0.15, -0.1) is 0 Å². The molecule has 1 aromatic carbocycles. The van der Waals surface area contributed by atoms with E-state index in [2.05, 4.69) is 10.6 Å². The maximum absolute atomic E-state index is 12.8. The van der Waals surface area contributed by atoms with Gasteiger partial charge in [0.25, 0.3) is 0 Å². The van der Waals surface area contributed by atoms with Gasteiger partial charge in [0.05, 0.1) is 12.6 Å². The summed E-state index contributed by atoms with van der Waals surface area (Å²) in [6.45, 7) is 0.995. The molecule has 1 aliphatic rings. The predicted octanol–water partition coefficient (Wildman–Crippen LogP) is -1.68. The number of aliphatic hydroxyl groups is 1. The van der Waals surface area contributed by atoms with E-state index in [1.54, 1.807) is 12.1 Å². The van der Waals surface area contributed by atoms with Gasteiger partial charge in [-0.05, 0) is 43.9 Å². The van der Waals surface area contributed by atoms with Gasteiger partial charge in [-0.3, -0.25) is 14.4 Å². The van der Waals surface area contributed by atoms with Crippen molar-refractivity contribution in [3.05, 3.63) is 29.8 Å². The van der Waals surface area contributed by atoms with E-state index in [4.69, 9.17) is 15.9 Å². The largest absolute Gasteiger partial charge is 0.508 e. The number of carbonyl (C=O) groups is 4. The Balaban J connectivity index is 1.94. The molecule has 1 aliphatic heterocycles. The molecule has 11 nitrogen and oxygen atoms in total. The molecule has 1 fully saturated rings. The highest BCUT2D eigenvalue weighted by atomic mass is 16.4. The molecule has 4 unspecified atom stereocenters. The van der Waals surface area contributed by atoms with Crippen LogP contribution in [0.25, 0.3) is 0 Å². The zero-order valence-corrected chi connectivity index (χ0v) is 17.2. The summed E-state index contributed by atoms with van der Waals surface area (Å²) in [5.41, 5.74) is 6.66. The number of phenols is 1. The lowest BCUT2D eigenvalue weighted by Crippen LogP contribution is -2.56. The van der Waals surface area contributed by atoms with Crippen molar-refractivity contribution in [3.8, 4) is 5.75 Å². The first-order valence-electron chi connectivity index (χ1n) is 9.92. The summed E-state index contributed by atoms with van der Waals surface area (Å²) in [6.07, 6.45) is 1.09. The van der Waals surface area contributed by atoms with Crippen LogP contribution in [0.4, 0.5) is 0 Å². The summed E-state index contributed by atoms with van der Waals surface area (Å²) in [4.78, 5) is 49.9. The molecule has 4 atom stereocenters. The second kappa shape index (κ2) is 10.7. The van der Waals surface area contributed by atoms with E-state index in [1.807, 2.05) is 0 Å². The van der Waals surface area contributed by atoms with Crippen molar-refractivity contribution in [3.63, 3.8) is 0 Å². The number of aliphatic hydroxyl groups excluding tert-OH is 1. The Morgan fingerprint density at radius 2 is 1.84 bits per heavy atom. The van der Waals surface area contributed by atoms with Gasteiger partial charge in [0.15, 0.2) is 0 Å². The van der Waals surface area contributed by atoms with E-state index in [0.717, 1.165) is 5.56 Å². The van der Waals surface area contributed by atoms with Crippen molar-refractivity contribution in [1.82, 2.24) is 15.5 Å². The van der Waals surface area contributed by atoms with Gasteiger partial charge in [-0.2, -0.15) is 0 Å². The molecule has 170 valence electrons. The lowest BCUT2D eigenvalue weighted by Gasteiger charge is -2.28. The van der Waals surface area contributed by atoms with Gasteiger partial charge in [-0.1, -0.05) is 12.1 Å². The Labute approximate surface area is 179 Å². The number of hydrogen-bond donors (Lipinski definition) is 6. The number of amides is 3. The normalized spacial score (nSPS) is 18.7. The number of benzene rings is 1. The molecule has 2 rings (SSSR count). The third-order valence-corrected chi connectivity index (χ3v) is 5.09. The average molecular weight is 436 g/mol. The van der Waals surface area contributed by atoms with E-state index < -0.39 is 54.5 Å². The van der Waals surface area contributed by atoms with E-state index >= 15 is 0 Å². The lowest BCUT2D eigenvalue weighted by atomic mass is 10.1. The number of phenolic OH excluding ortho intramolecular Hbond substituents is 1. The highest BCUT2D eigenvalue weighted by Crippen LogP contribution is 2.19. The Morgan fingerprint density at radius 3 is 2.42 bits per heavy atom. The van der Waals surface area contributed by atoms with Crippen molar-refractivity contribution in [1.29, 1.82) is 0 Å². The molecular formula is C20H28N4O7. The van der Waals surface area contributed by atoms with E-state index in [0.29, 0.717) is 12.8 Å². The average Bonchev–Trinajstić information content (AvgIpc) is 3.22. The second-order valence-corrected chi connectivity index (χ2v) is 7.48. The Morgan fingerprint density at radius 1 is 1.19 bits per heavy atom. The molecule has 31 heavy (non-hydrogen) atoms. The number of rotatable bonds is 9. The molecule has 1 aromatic rings. The number of carboxylic acid groups (broad SMARTS) is 1. The van der Waals surface area contributed by atoms with Crippen molar-refractivity contribution < 1.29 is 34.5 Å². The van der Waals surface area contributed by atoms with Crippen LogP contribution in [0.1, 0.15) is 25.3 Å². The van der Waals surface area contributed by atoms with E-state index in [9.17, 15) is 24.3 Å². The number of carbonyl (C=O) groups excluding carboxylic acids is 3. The fraction of sp³-hybridized carbons (Fsp3) is 0.500. The molecule has 0 saturated carbocycles. The maximum Gasteiger partial charge on any atom is 0.328 e.